The molecule has 1 aromatic carbocycles. The molecule has 1 atom stereocenters. The van der Waals surface area contributed by atoms with Crippen molar-refractivity contribution in [3.05, 3.63) is 28.8 Å². The molecule has 1 fully saturated rings. The SMILES string of the molecule is COC1CCCN(c2ccc(CO)c(Cl)c2)C1. The Kier molecular flexibility index (Phi) is 4.26. The molecule has 1 unspecified atom stereocenters. The monoisotopic (exact) mass is 255 g/mol. The van der Waals surface area contributed by atoms with Gasteiger partial charge >= 0.3 is 0 Å². The van der Waals surface area contributed by atoms with Gasteiger partial charge in [0.25, 0.3) is 0 Å². The van der Waals surface area contributed by atoms with Gasteiger partial charge in [0.15, 0.2) is 0 Å². The number of aliphatic hydroxyl groups excluding tert-OH is 1. The molecule has 17 heavy (non-hydrogen) atoms. The fraction of sp³-hybridized carbons (Fsp3) is 0.538. The molecule has 1 N–H and O–H groups in total. The summed E-state index contributed by atoms with van der Waals surface area (Å²) in [5.41, 5.74) is 1.88. The van der Waals surface area contributed by atoms with Gasteiger partial charge in [0.05, 0.1) is 12.7 Å². The minimum Gasteiger partial charge on any atom is -0.392 e. The van der Waals surface area contributed by atoms with E-state index in [9.17, 15) is 0 Å². The highest BCUT2D eigenvalue weighted by Gasteiger charge is 2.19. The molecule has 1 saturated heterocycles. The van der Waals surface area contributed by atoms with E-state index < -0.39 is 0 Å². The molecule has 3 nitrogen and oxygen atoms in total. The van der Waals surface area contributed by atoms with Crippen molar-refractivity contribution < 1.29 is 9.84 Å². The van der Waals surface area contributed by atoms with Crippen molar-refractivity contribution >= 4 is 17.3 Å². The Hall–Kier alpha value is -0.770. The first-order chi connectivity index (χ1) is 8.24. The lowest BCUT2D eigenvalue weighted by molar-refractivity contribution is 0.0893. The zero-order valence-corrected chi connectivity index (χ0v) is 10.8. The zero-order chi connectivity index (χ0) is 12.3. The first kappa shape index (κ1) is 12.7. The highest BCUT2D eigenvalue weighted by molar-refractivity contribution is 6.31. The molecule has 0 bridgehead atoms. The standard InChI is InChI=1S/C13H18ClNO2/c1-17-12-3-2-6-15(8-12)11-5-4-10(9-16)13(14)7-11/h4-5,7,12,16H,2-3,6,8-9H2,1H3. The number of piperidine rings is 1. The summed E-state index contributed by atoms with van der Waals surface area (Å²) in [4.78, 5) is 2.28. The molecule has 0 saturated carbocycles. The summed E-state index contributed by atoms with van der Waals surface area (Å²) >= 11 is 6.10. The van der Waals surface area contributed by atoms with E-state index in [2.05, 4.69) is 4.90 Å². The van der Waals surface area contributed by atoms with Gasteiger partial charge in [-0.25, -0.2) is 0 Å². The summed E-state index contributed by atoms with van der Waals surface area (Å²) in [6.45, 7) is 1.93. The van der Waals surface area contributed by atoms with Crippen molar-refractivity contribution in [1.82, 2.24) is 0 Å². The van der Waals surface area contributed by atoms with Crippen LogP contribution in [0.25, 0.3) is 0 Å². The zero-order valence-electron chi connectivity index (χ0n) is 10.0. The molecule has 1 aromatic rings. The van der Waals surface area contributed by atoms with Crippen LogP contribution in [0.3, 0.4) is 0 Å². The van der Waals surface area contributed by atoms with E-state index in [1.165, 1.54) is 0 Å². The normalized spacial score (nSPS) is 20.6. The van der Waals surface area contributed by atoms with Crippen molar-refractivity contribution in [1.29, 1.82) is 0 Å². The van der Waals surface area contributed by atoms with Gasteiger partial charge in [-0.1, -0.05) is 17.7 Å². The van der Waals surface area contributed by atoms with Gasteiger partial charge in [-0.05, 0) is 30.5 Å². The fourth-order valence-corrected chi connectivity index (χ4v) is 2.46. The highest BCUT2D eigenvalue weighted by atomic mass is 35.5. The van der Waals surface area contributed by atoms with E-state index in [0.29, 0.717) is 11.1 Å². The Morgan fingerprint density at radius 1 is 1.53 bits per heavy atom. The largest absolute Gasteiger partial charge is 0.392 e. The van der Waals surface area contributed by atoms with Crippen LogP contribution in [0.2, 0.25) is 5.02 Å². The molecule has 0 aromatic heterocycles. The van der Waals surface area contributed by atoms with Crippen LogP contribution in [0.4, 0.5) is 5.69 Å². The Labute approximate surface area is 107 Å². The molecule has 2 rings (SSSR count). The second-order valence-electron chi connectivity index (χ2n) is 4.38. The van der Waals surface area contributed by atoms with E-state index in [4.69, 9.17) is 21.4 Å². The van der Waals surface area contributed by atoms with Gasteiger partial charge in [0.2, 0.25) is 0 Å². The average molecular weight is 256 g/mol. The van der Waals surface area contributed by atoms with Crippen LogP contribution < -0.4 is 4.90 Å². The van der Waals surface area contributed by atoms with E-state index >= 15 is 0 Å². The van der Waals surface area contributed by atoms with Crippen LogP contribution in [0.1, 0.15) is 18.4 Å². The Morgan fingerprint density at radius 3 is 3.00 bits per heavy atom. The minimum atomic E-state index is -0.0141. The van der Waals surface area contributed by atoms with E-state index in [-0.39, 0.29) is 6.61 Å². The molecule has 0 radical (unpaired) electrons. The van der Waals surface area contributed by atoms with Gasteiger partial charge in [-0.2, -0.15) is 0 Å². The molecule has 1 aliphatic rings. The van der Waals surface area contributed by atoms with E-state index in [1.807, 2.05) is 18.2 Å². The summed E-state index contributed by atoms with van der Waals surface area (Å²) in [6.07, 6.45) is 2.56. The lowest BCUT2D eigenvalue weighted by Gasteiger charge is -2.33. The van der Waals surface area contributed by atoms with Crippen molar-refractivity contribution in [3.8, 4) is 0 Å². The molecule has 4 heteroatoms. The van der Waals surface area contributed by atoms with Crippen molar-refractivity contribution in [3.63, 3.8) is 0 Å². The van der Waals surface area contributed by atoms with Gasteiger partial charge in [0.1, 0.15) is 0 Å². The maximum absolute atomic E-state index is 9.08. The average Bonchev–Trinajstić information content (AvgIpc) is 2.38. The van der Waals surface area contributed by atoms with Gasteiger partial charge in [-0.15, -0.1) is 0 Å². The number of aliphatic hydroxyl groups is 1. The second kappa shape index (κ2) is 5.71. The van der Waals surface area contributed by atoms with Crippen LogP contribution in [-0.2, 0) is 11.3 Å². The number of benzene rings is 1. The molecular weight excluding hydrogens is 238 g/mol. The maximum atomic E-state index is 9.08. The molecule has 1 aliphatic heterocycles. The Balaban J connectivity index is 2.13. The Bertz CT molecular complexity index is 384. The second-order valence-corrected chi connectivity index (χ2v) is 4.79. The summed E-state index contributed by atoms with van der Waals surface area (Å²) in [6, 6.07) is 5.81. The number of hydrogen-bond acceptors (Lipinski definition) is 3. The first-order valence-corrected chi connectivity index (χ1v) is 6.29. The van der Waals surface area contributed by atoms with Crippen LogP contribution in [-0.4, -0.2) is 31.4 Å². The number of halogens is 1. The molecule has 94 valence electrons. The molecule has 0 spiro atoms. The predicted octanol–water partition coefficient (Wildman–Crippen LogP) is 2.45. The van der Waals surface area contributed by atoms with Crippen molar-refractivity contribution in [2.45, 2.75) is 25.6 Å². The van der Waals surface area contributed by atoms with Gasteiger partial charge in [-0.3, -0.25) is 0 Å². The third kappa shape index (κ3) is 2.92. The summed E-state index contributed by atoms with van der Waals surface area (Å²) in [7, 11) is 1.76. The minimum absolute atomic E-state index is 0.0141. The fourth-order valence-electron chi connectivity index (χ4n) is 2.23. The third-order valence-corrected chi connectivity index (χ3v) is 3.64. The van der Waals surface area contributed by atoms with Crippen molar-refractivity contribution in [2.75, 3.05) is 25.1 Å². The highest BCUT2D eigenvalue weighted by Crippen LogP contribution is 2.26. The smallest absolute Gasteiger partial charge is 0.0746 e. The van der Waals surface area contributed by atoms with Crippen molar-refractivity contribution in [2.24, 2.45) is 0 Å². The number of nitrogens with zero attached hydrogens (tertiary/aromatic N) is 1. The quantitative estimate of drug-likeness (QED) is 0.901. The van der Waals surface area contributed by atoms with Crippen LogP contribution in [0.15, 0.2) is 18.2 Å². The summed E-state index contributed by atoms with van der Waals surface area (Å²) < 4.78 is 5.40. The molecule has 0 aliphatic carbocycles. The van der Waals surface area contributed by atoms with Crippen LogP contribution in [0, 0.1) is 0 Å². The molecule has 1 heterocycles. The first-order valence-electron chi connectivity index (χ1n) is 5.91. The van der Waals surface area contributed by atoms with Gasteiger partial charge < -0.3 is 14.7 Å². The molecular formula is C13H18ClNO2. The van der Waals surface area contributed by atoms with Crippen LogP contribution in [0.5, 0.6) is 0 Å². The lowest BCUT2D eigenvalue weighted by Crippen LogP contribution is -2.39. The number of anilines is 1. The number of hydrogen-bond donors (Lipinski definition) is 1. The topological polar surface area (TPSA) is 32.7 Å². The van der Waals surface area contributed by atoms with E-state index in [0.717, 1.165) is 37.2 Å². The summed E-state index contributed by atoms with van der Waals surface area (Å²) in [5.74, 6) is 0. The third-order valence-electron chi connectivity index (χ3n) is 3.28. The lowest BCUT2D eigenvalue weighted by atomic mass is 10.1. The van der Waals surface area contributed by atoms with Gasteiger partial charge in [0, 0.05) is 30.9 Å². The van der Waals surface area contributed by atoms with Crippen LogP contribution >= 0.6 is 11.6 Å². The number of rotatable bonds is 3. The number of ether oxygens (including phenoxy) is 1. The molecule has 0 amide bonds. The maximum Gasteiger partial charge on any atom is 0.0746 e. The summed E-state index contributed by atoms with van der Waals surface area (Å²) in [5, 5.41) is 9.71. The Morgan fingerprint density at radius 2 is 2.35 bits per heavy atom. The number of methoxy groups -OCH3 is 1. The van der Waals surface area contributed by atoms with E-state index in [1.54, 1.807) is 7.11 Å². The predicted molar refractivity (Wildman–Crippen MR) is 69.6 cm³/mol.